The van der Waals surface area contributed by atoms with E-state index in [4.69, 9.17) is 0 Å². The Hall–Kier alpha value is -0.0800. The summed E-state index contributed by atoms with van der Waals surface area (Å²) in [4.78, 5) is 0. The normalized spacial score (nSPS) is 29.8. The number of rotatable bonds is 7. The second-order valence-electron chi connectivity index (χ2n) is 5.84. The van der Waals surface area contributed by atoms with Crippen LogP contribution in [0, 0.1) is 5.92 Å². The zero-order chi connectivity index (χ0) is 12.7. The van der Waals surface area contributed by atoms with Gasteiger partial charge in [0, 0.05) is 6.04 Å². The first-order chi connectivity index (χ1) is 8.13. The number of nitrogens with one attached hydrogen (secondary N) is 1. The Bertz CT molecular complexity index is 193. The summed E-state index contributed by atoms with van der Waals surface area (Å²) in [6, 6.07) is 0.650. The number of hydrogen-bond acceptors (Lipinski definition) is 2. The molecule has 0 amide bonds. The van der Waals surface area contributed by atoms with Crippen molar-refractivity contribution in [1.29, 1.82) is 0 Å². The summed E-state index contributed by atoms with van der Waals surface area (Å²) in [5.74, 6) is 0.708. The first kappa shape index (κ1) is 15.0. The molecule has 1 saturated carbocycles. The second-order valence-corrected chi connectivity index (χ2v) is 5.84. The summed E-state index contributed by atoms with van der Waals surface area (Å²) in [6.45, 7) is 7.81. The van der Waals surface area contributed by atoms with Gasteiger partial charge in [-0.15, -0.1) is 0 Å². The maximum absolute atomic E-state index is 10.6. The zero-order valence-corrected chi connectivity index (χ0v) is 12.0. The van der Waals surface area contributed by atoms with Gasteiger partial charge in [-0.1, -0.05) is 33.6 Å². The third kappa shape index (κ3) is 4.97. The SMILES string of the molecule is CCCNC1CCC(O)(CC(CC)CC)CC1. The molecule has 0 atom stereocenters. The molecule has 102 valence electrons. The Labute approximate surface area is 107 Å². The fourth-order valence-electron chi connectivity index (χ4n) is 3.03. The summed E-state index contributed by atoms with van der Waals surface area (Å²) in [5, 5.41) is 14.2. The lowest BCUT2D eigenvalue weighted by Crippen LogP contribution is -2.42. The average molecular weight is 241 g/mol. The Balaban J connectivity index is 2.32. The number of hydrogen-bond donors (Lipinski definition) is 2. The van der Waals surface area contributed by atoms with Crippen LogP contribution in [-0.4, -0.2) is 23.3 Å². The predicted octanol–water partition coefficient (Wildman–Crippen LogP) is 3.49. The standard InChI is InChI=1S/C15H31NO/c1-4-11-16-14-7-9-15(17,10-8-14)12-13(5-2)6-3/h13-14,16-17H,4-12H2,1-3H3. The highest BCUT2D eigenvalue weighted by atomic mass is 16.3. The number of aliphatic hydroxyl groups is 1. The average Bonchev–Trinajstić information content (AvgIpc) is 2.35. The Morgan fingerprint density at radius 3 is 2.24 bits per heavy atom. The van der Waals surface area contributed by atoms with E-state index in [9.17, 15) is 5.11 Å². The molecule has 0 saturated heterocycles. The lowest BCUT2D eigenvalue weighted by atomic mass is 9.76. The predicted molar refractivity (Wildman–Crippen MR) is 74.2 cm³/mol. The van der Waals surface area contributed by atoms with E-state index in [-0.39, 0.29) is 5.60 Å². The minimum atomic E-state index is -0.360. The van der Waals surface area contributed by atoms with Crippen molar-refractivity contribution in [2.24, 2.45) is 5.92 Å². The molecule has 0 bridgehead atoms. The van der Waals surface area contributed by atoms with E-state index < -0.39 is 0 Å². The summed E-state index contributed by atoms with van der Waals surface area (Å²) in [5.41, 5.74) is -0.360. The van der Waals surface area contributed by atoms with Crippen molar-refractivity contribution in [3.8, 4) is 0 Å². The molecule has 1 aliphatic rings. The Morgan fingerprint density at radius 1 is 1.18 bits per heavy atom. The fourth-order valence-corrected chi connectivity index (χ4v) is 3.03. The van der Waals surface area contributed by atoms with Crippen LogP contribution in [0.5, 0.6) is 0 Å². The van der Waals surface area contributed by atoms with Crippen molar-refractivity contribution in [3.63, 3.8) is 0 Å². The lowest BCUT2D eigenvalue weighted by Gasteiger charge is -2.38. The van der Waals surface area contributed by atoms with Gasteiger partial charge in [-0.25, -0.2) is 0 Å². The van der Waals surface area contributed by atoms with E-state index in [1.54, 1.807) is 0 Å². The molecule has 1 fully saturated rings. The highest BCUT2D eigenvalue weighted by molar-refractivity contribution is 4.89. The van der Waals surface area contributed by atoms with Crippen molar-refractivity contribution in [1.82, 2.24) is 5.32 Å². The molecule has 0 spiro atoms. The molecule has 0 aliphatic heterocycles. The van der Waals surface area contributed by atoms with Gasteiger partial charge < -0.3 is 10.4 Å². The molecule has 17 heavy (non-hydrogen) atoms. The second kappa shape index (κ2) is 7.38. The van der Waals surface area contributed by atoms with Crippen LogP contribution in [0.1, 0.15) is 72.1 Å². The van der Waals surface area contributed by atoms with Gasteiger partial charge in [-0.2, -0.15) is 0 Å². The molecule has 2 N–H and O–H groups in total. The zero-order valence-electron chi connectivity index (χ0n) is 12.0. The monoisotopic (exact) mass is 241 g/mol. The van der Waals surface area contributed by atoms with Crippen molar-refractivity contribution < 1.29 is 5.11 Å². The molecule has 0 aromatic rings. The molecule has 0 unspecified atom stereocenters. The van der Waals surface area contributed by atoms with Crippen LogP contribution in [0.3, 0.4) is 0 Å². The molecule has 1 rings (SSSR count). The molecular weight excluding hydrogens is 210 g/mol. The van der Waals surface area contributed by atoms with E-state index >= 15 is 0 Å². The molecule has 2 heteroatoms. The summed E-state index contributed by atoms with van der Waals surface area (Å²) in [7, 11) is 0. The molecule has 0 aromatic carbocycles. The van der Waals surface area contributed by atoms with Crippen LogP contribution in [-0.2, 0) is 0 Å². The third-order valence-electron chi connectivity index (χ3n) is 4.42. The molecule has 0 heterocycles. The van der Waals surface area contributed by atoms with Crippen molar-refractivity contribution in [2.75, 3.05) is 6.54 Å². The van der Waals surface area contributed by atoms with Gasteiger partial charge in [-0.3, -0.25) is 0 Å². The van der Waals surface area contributed by atoms with Crippen LogP contribution in [0.4, 0.5) is 0 Å². The fraction of sp³-hybridized carbons (Fsp3) is 1.00. The van der Waals surface area contributed by atoms with Crippen LogP contribution < -0.4 is 5.32 Å². The molecule has 1 aliphatic carbocycles. The van der Waals surface area contributed by atoms with Gasteiger partial charge >= 0.3 is 0 Å². The Kier molecular flexibility index (Phi) is 6.50. The first-order valence-electron chi connectivity index (χ1n) is 7.59. The quantitative estimate of drug-likeness (QED) is 0.715. The molecule has 0 aromatic heterocycles. The smallest absolute Gasteiger partial charge is 0.0651 e. The van der Waals surface area contributed by atoms with E-state index in [2.05, 4.69) is 26.1 Å². The first-order valence-corrected chi connectivity index (χ1v) is 7.59. The topological polar surface area (TPSA) is 32.3 Å². The van der Waals surface area contributed by atoms with E-state index in [1.165, 1.54) is 19.3 Å². The minimum Gasteiger partial charge on any atom is -0.390 e. The Morgan fingerprint density at radius 2 is 1.76 bits per heavy atom. The van der Waals surface area contributed by atoms with Gasteiger partial charge in [0.25, 0.3) is 0 Å². The van der Waals surface area contributed by atoms with Crippen LogP contribution in [0.25, 0.3) is 0 Å². The van der Waals surface area contributed by atoms with Crippen molar-refractivity contribution >= 4 is 0 Å². The highest BCUT2D eigenvalue weighted by Crippen LogP contribution is 2.35. The van der Waals surface area contributed by atoms with Crippen LogP contribution in [0.15, 0.2) is 0 Å². The minimum absolute atomic E-state index is 0.360. The van der Waals surface area contributed by atoms with E-state index in [0.717, 1.165) is 38.6 Å². The van der Waals surface area contributed by atoms with Gasteiger partial charge in [-0.05, 0) is 51.0 Å². The molecular formula is C15H31NO. The van der Waals surface area contributed by atoms with Crippen LogP contribution >= 0.6 is 0 Å². The van der Waals surface area contributed by atoms with Gasteiger partial charge in [0.1, 0.15) is 0 Å². The van der Waals surface area contributed by atoms with Gasteiger partial charge in [0.2, 0.25) is 0 Å². The third-order valence-corrected chi connectivity index (χ3v) is 4.42. The van der Waals surface area contributed by atoms with Crippen LogP contribution in [0.2, 0.25) is 0 Å². The largest absolute Gasteiger partial charge is 0.390 e. The molecule has 2 nitrogen and oxygen atoms in total. The summed E-state index contributed by atoms with van der Waals surface area (Å²) in [6.07, 6.45) is 8.91. The molecule has 0 radical (unpaired) electrons. The summed E-state index contributed by atoms with van der Waals surface area (Å²) >= 11 is 0. The van der Waals surface area contributed by atoms with Gasteiger partial charge in [0.15, 0.2) is 0 Å². The van der Waals surface area contributed by atoms with E-state index in [1.807, 2.05) is 0 Å². The lowest BCUT2D eigenvalue weighted by molar-refractivity contribution is -0.0250. The maximum atomic E-state index is 10.6. The van der Waals surface area contributed by atoms with Gasteiger partial charge in [0.05, 0.1) is 5.60 Å². The maximum Gasteiger partial charge on any atom is 0.0651 e. The van der Waals surface area contributed by atoms with Crippen molar-refractivity contribution in [2.45, 2.75) is 83.8 Å². The summed E-state index contributed by atoms with van der Waals surface area (Å²) < 4.78 is 0. The van der Waals surface area contributed by atoms with Crippen molar-refractivity contribution in [3.05, 3.63) is 0 Å². The van der Waals surface area contributed by atoms with E-state index in [0.29, 0.717) is 12.0 Å². The highest BCUT2D eigenvalue weighted by Gasteiger charge is 2.34.